The topological polar surface area (TPSA) is 79.3 Å². The van der Waals surface area contributed by atoms with Gasteiger partial charge in [0.15, 0.2) is 0 Å². The van der Waals surface area contributed by atoms with Crippen LogP contribution in [0.25, 0.3) is 10.6 Å². The first-order valence-corrected chi connectivity index (χ1v) is 7.41. The molecule has 2 aromatic rings. The number of benzene rings is 1. The average molecular weight is 304 g/mol. The van der Waals surface area contributed by atoms with E-state index in [0.29, 0.717) is 5.92 Å². The zero-order chi connectivity index (χ0) is 15.4. The van der Waals surface area contributed by atoms with Gasteiger partial charge in [-0.3, -0.25) is 9.59 Å². The van der Waals surface area contributed by atoms with E-state index in [-0.39, 0.29) is 5.69 Å². The van der Waals surface area contributed by atoms with Crippen LogP contribution in [-0.4, -0.2) is 28.5 Å². The highest BCUT2D eigenvalue weighted by molar-refractivity contribution is 7.13. The molecule has 2 N–H and O–H groups in total. The minimum absolute atomic E-state index is 0.240. The van der Waals surface area contributed by atoms with Crippen molar-refractivity contribution in [3.63, 3.8) is 0 Å². The van der Waals surface area contributed by atoms with E-state index in [1.165, 1.54) is 16.9 Å². The third-order valence-corrected chi connectivity index (χ3v) is 3.85. The number of thiazole rings is 1. The Morgan fingerprint density at radius 3 is 2.52 bits per heavy atom. The van der Waals surface area contributed by atoms with Crippen LogP contribution in [0, 0.1) is 0 Å². The zero-order valence-electron chi connectivity index (χ0n) is 11.8. The lowest BCUT2D eigenvalue weighted by atomic mass is 10.0. The summed E-state index contributed by atoms with van der Waals surface area (Å²) >= 11 is 1.36. The number of amides is 1. The Balaban J connectivity index is 2.12. The Morgan fingerprint density at radius 2 is 1.95 bits per heavy atom. The van der Waals surface area contributed by atoms with E-state index in [0.717, 1.165) is 10.6 Å². The van der Waals surface area contributed by atoms with Crippen LogP contribution in [0.1, 0.15) is 35.8 Å². The summed E-state index contributed by atoms with van der Waals surface area (Å²) in [5.41, 5.74) is 2.43. The van der Waals surface area contributed by atoms with E-state index in [1.807, 2.05) is 24.3 Å². The number of carboxylic acid groups (broad SMARTS) is 1. The van der Waals surface area contributed by atoms with E-state index in [4.69, 9.17) is 5.11 Å². The Kier molecular flexibility index (Phi) is 4.70. The van der Waals surface area contributed by atoms with Gasteiger partial charge in [-0.25, -0.2) is 4.98 Å². The second-order valence-corrected chi connectivity index (χ2v) is 5.75. The van der Waals surface area contributed by atoms with Crippen molar-refractivity contribution in [3.05, 3.63) is 40.9 Å². The van der Waals surface area contributed by atoms with Crippen LogP contribution in [0.2, 0.25) is 0 Å². The third kappa shape index (κ3) is 3.88. The van der Waals surface area contributed by atoms with Crippen LogP contribution in [-0.2, 0) is 4.79 Å². The van der Waals surface area contributed by atoms with Gasteiger partial charge in [0, 0.05) is 10.9 Å². The van der Waals surface area contributed by atoms with Crippen LogP contribution >= 0.6 is 11.3 Å². The number of aromatic nitrogens is 1. The highest BCUT2D eigenvalue weighted by Gasteiger charge is 2.12. The van der Waals surface area contributed by atoms with Crippen LogP contribution in [0.15, 0.2) is 29.6 Å². The smallest absolute Gasteiger partial charge is 0.322 e. The molecule has 0 saturated carbocycles. The summed E-state index contributed by atoms with van der Waals surface area (Å²) in [6.45, 7) is 3.85. The third-order valence-electron chi connectivity index (χ3n) is 2.96. The lowest BCUT2D eigenvalue weighted by molar-refractivity contribution is -0.135. The molecule has 0 atom stereocenters. The number of aliphatic carboxylic acids is 1. The first-order valence-electron chi connectivity index (χ1n) is 6.53. The van der Waals surface area contributed by atoms with Crippen molar-refractivity contribution in [1.29, 1.82) is 0 Å². The highest BCUT2D eigenvalue weighted by Crippen LogP contribution is 2.25. The standard InChI is InChI=1S/C15H16N2O3S/c1-9(2)10-3-5-11(6-4-10)15-17-12(8-21-15)14(20)16-7-13(18)19/h3-6,8-9H,7H2,1-2H3,(H,16,20)(H,18,19). The first-order chi connectivity index (χ1) is 9.97. The molecule has 0 radical (unpaired) electrons. The number of carbonyl (C=O) groups excluding carboxylic acids is 1. The molecule has 0 aliphatic heterocycles. The highest BCUT2D eigenvalue weighted by atomic mass is 32.1. The van der Waals surface area contributed by atoms with Gasteiger partial charge in [-0.2, -0.15) is 0 Å². The Morgan fingerprint density at radius 1 is 1.29 bits per heavy atom. The zero-order valence-corrected chi connectivity index (χ0v) is 12.6. The molecule has 0 bridgehead atoms. The van der Waals surface area contributed by atoms with Crippen LogP contribution in [0.3, 0.4) is 0 Å². The van der Waals surface area contributed by atoms with E-state index in [9.17, 15) is 9.59 Å². The van der Waals surface area contributed by atoms with Crippen LogP contribution in [0.4, 0.5) is 0 Å². The Labute approximate surface area is 126 Å². The molecule has 0 spiro atoms. The van der Waals surface area contributed by atoms with E-state index < -0.39 is 18.4 Å². The van der Waals surface area contributed by atoms with Crippen molar-refractivity contribution >= 4 is 23.2 Å². The minimum atomic E-state index is -1.08. The molecule has 5 nitrogen and oxygen atoms in total. The van der Waals surface area contributed by atoms with Gasteiger partial charge in [-0.15, -0.1) is 11.3 Å². The number of nitrogens with one attached hydrogen (secondary N) is 1. The van der Waals surface area contributed by atoms with Gasteiger partial charge in [0.2, 0.25) is 0 Å². The van der Waals surface area contributed by atoms with E-state index >= 15 is 0 Å². The molecule has 0 unspecified atom stereocenters. The van der Waals surface area contributed by atoms with Crippen molar-refractivity contribution in [1.82, 2.24) is 10.3 Å². The Hall–Kier alpha value is -2.21. The molecule has 6 heteroatoms. The lowest BCUT2D eigenvalue weighted by Gasteiger charge is -2.05. The second-order valence-electron chi connectivity index (χ2n) is 4.89. The molecule has 21 heavy (non-hydrogen) atoms. The number of nitrogens with zero attached hydrogens (tertiary/aromatic N) is 1. The van der Waals surface area contributed by atoms with Crippen LogP contribution < -0.4 is 5.32 Å². The normalized spacial score (nSPS) is 10.6. The summed E-state index contributed by atoms with van der Waals surface area (Å²) in [6, 6.07) is 8.05. The van der Waals surface area contributed by atoms with Gasteiger partial charge in [0.05, 0.1) is 0 Å². The number of carbonyl (C=O) groups is 2. The summed E-state index contributed by atoms with van der Waals surface area (Å²) < 4.78 is 0. The van der Waals surface area contributed by atoms with Gasteiger partial charge in [0.25, 0.3) is 5.91 Å². The summed E-state index contributed by atoms with van der Waals surface area (Å²) in [7, 11) is 0. The van der Waals surface area contributed by atoms with E-state index in [2.05, 4.69) is 24.1 Å². The first kappa shape index (κ1) is 15.2. The summed E-state index contributed by atoms with van der Waals surface area (Å²) in [5.74, 6) is -1.09. The molecule has 0 aliphatic rings. The van der Waals surface area contributed by atoms with Gasteiger partial charge in [-0.05, 0) is 11.5 Å². The monoisotopic (exact) mass is 304 g/mol. The van der Waals surface area contributed by atoms with Crippen LogP contribution in [0.5, 0.6) is 0 Å². The summed E-state index contributed by atoms with van der Waals surface area (Å²) in [6.07, 6.45) is 0. The summed E-state index contributed by atoms with van der Waals surface area (Å²) in [4.78, 5) is 26.4. The van der Waals surface area contributed by atoms with Gasteiger partial charge >= 0.3 is 5.97 Å². The number of hydrogen-bond acceptors (Lipinski definition) is 4. The fourth-order valence-electron chi connectivity index (χ4n) is 1.77. The molecule has 0 saturated heterocycles. The summed E-state index contributed by atoms with van der Waals surface area (Å²) in [5, 5.41) is 13.2. The molecule has 110 valence electrons. The fourth-order valence-corrected chi connectivity index (χ4v) is 2.57. The van der Waals surface area contributed by atoms with Crippen molar-refractivity contribution in [2.75, 3.05) is 6.54 Å². The minimum Gasteiger partial charge on any atom is -0.480 e. The number of hydrogen-bond donors (Lipinski definition) is 2. The lowest BCUT2D eigenvalue weighted by Crippen LogP contribution is -2.29. The molecular formula is C15H16N2O3S. The van der Waals surface area contributed by atoms with Crippen molar-refractivity contribution in [2.24, 2.45) is 0 Å². The molecular weight excluding hydrogens is 288 g/mol. The van der Waals surface area contributed by atoms with Gasteiger partial charge in [0.1, 0.15) is 17.2 Å². The molecule has 1 amide bonds. The maximum Gasteiger partial charge on any atom is 0.322 e. The average Bonchev–Trinajstić information content (AvgIpc) is 2.94. The van der Waals surface area contributed by atoms with E-state index in [1.54, 1.807) is 5.38 Å². The maximum absolute atomic E-state index is 11.7. The maximum atomic E-state index is 11.7. The fraction of sp³-hybridized carbons (Fsp3) is 0.267. The van der Waals surface area contributed by atoms with Gasteiger partial charge < -0.3 is 10.4 Å². The van der Waals surface area contributed by atoms with Crippen molar-refractivity contribution < 1.29 is 14.7 Å². The molecule has 1 heterocycles. The second kappa shape index (κ2) is 6.49. The van der Waals surface area contributed by atoms with Crippen molar-refractivity contribution in [3.8, 4) is 10.6 Å². The molecule has 1 aromatic heterocycles. The molecule has 0 aliphatic carbocycles. The molecule has 2 rings (SSSR count). The Bertz CT molecular complexity index is 647. The number of carboxylic acids is 1. The SMILES string of the molecule is CC(C)c1ccc(-c2nc(C(=O)NCC(=O)O)cs2)cc1. The molecule has 0 fully saturated rings. The predicted octanol–water partition coefficient (Wildman–Crippen LogP) is 2.75. The number of rotatable bonds is 5. The van der Waals surface area contributed by atoms with Gasteiger partial charge in [-0.1, -0.05) is 38.1 Å². The predicted molar refractivity (Wildman–Crippen MR) is 81.6 cm³/mol. The molecule has 1 aromatic carbocycles. The van der Waals surface area contributed by atoms with Crippen molar-refractivity contribution in [2.45, 2.75) is 19.8 Å². The largest absolute Gasteiger partial charge is 0.480 e. The quantitative estimate of drug-likeness (QED) is 0.890.